The van der Waals surface area contributed by atoms with Gasteiger partial charge in [0.2, 0.25) is 0 Å². The molecule has 0 spiro atoms. The normalized spacial score (nSPS) is 17.3. The molecule has 1 atom stereocenters. The minimum absolute atomic E-state index is 0.400. The summed E-state index contributed by atoms with van der Waals surface area (Å²) < 4.78 is 2.40. The van der Waals surface area contributed by atoms with Crippen LogP contribution in [0.4, 0.5) is 0 Å². The number of aryl methyl sites for hydroxylation is 1. The molecule has 0 saturated heterocycles. The average molecular weight is 345 g/mol. The molecule has 0 saturated carbocycles. The van der Waals surface area contributed by atoms with Crippen molar-refractivity contribution < 1.29 is 9.90 Å². The maximum atomic E-state index is 10.8. The zero-order valence-corrected chi connectivity index (χ0v) is 15.0. The van der Waals surface area contributed by atoms with Crippen LogP contribution < -0.4 is 0 Å². The number of hydrogen-bond donors (Lipinski definition) is 1. The van der Waals surface area contributed by atoms with Gasteiger partial charge in [-0.15, -0.1) is 0 Å². The fourth-order valence-electron chi connectivity index (χ4n) is 4.20. The number of carboxylic acid groups (broad SMARTS) is 1. The van der Waals surface area contributed by atoms with E-state index in [1.807, 2.05) is 6.92 Å². The van der Waals surface area contributed by atoms with Gasteiger partial charge in [0.05, 0.1) is 6.04 Å². The van der Waals surface area contributed by atoms with Crippen molar-refractivity contribution in [3.63, 3.8) is 0 Å². The molecule has 1 aromatic heterocycles. The van der Waals surface area contributed by atoms with E-state index in [0.717, 1.165) is 11.1 Å². The largest absolute Gasteiger partial charge is 0.478 e. The van der Waals surface area contributed by atoms with Gasteiger partial charge in [-0.25, -0.2) is 4.79 Å². The molecule has 26 heavy (non-hydrogen) atoms. The summed E-state index contributed by atoms with van der Waals surface area (Å²) in [5.74, 6) is -0.884. The zero-order valence-electron chi connectivity index (χ0n) is 15.0. The number of rotatable bonds is 4. The number of carbonyl (C=O) groups is 1. The first-order valence-corrected chi connectivity index (χ1v) is 9.19. The molecule has 0 bridgehead atoms. The molecule has 2 aromatic carbocycles. The summed E-state index contributed by atoms with van der Waals surface area (Å²) in [6.07, 6.45) is 7.71. The molecule has 0 amide bonds. The standard InChI is InChI=1S/C23H23NO2/c1-16(14-23(25)26)13-17-9-10-21-19(15-17)11-12-24(21)22-8-4-6-18-5-2-3-7-20(18)22/h2-3,5,7,9-12,14-15,22H,4,6,8,13H2,1H3,(H,25,26). The quantitative estimate of drug-likeness (QED) is 0.665. The number of hydrogen-bond acceptors (Lipinski definition) is 1. The molecule has 1 aliphatic rings. The van der Waals surface area contributed by atoms with Gasteiger partial charge in [0, 0.05) is 17.8 Å². The molecular formula is C23H23NO2. The van der Waals surface area contributed by atoms with Crippen molar-refractivity contribution in [2.45, 2.75) is 38.6 Å². The number of benzene rings is 2. The lowest BCUT2D eigenvalue weighted by atomic mass is 9.87. The van der Waals surface area contributed by atoms with Gasteiger partial charge in [-0.3, -0.25) is 0 Å². The van der Waals surface area contributed by atoms with Crippen molar-refractivity contribution in [3.05, 3.63) is 83.1 Å². The van der Waals surface area contributed by atoms with E-state index < -0.39 is 5.97 Å². The van der Waals surface area contributed by atoms with Crippen LogP contribution >= 0.6 is 0 Å². The number of fused-ring (bicyclic) bond motifs is 2. The van der Waals surface area contributed by atoms with Crippen LogP contribution in [0, 0.1) is 0 Å². The molecule has 3 aromatic rings. The number of aromatic nitrogens is 1. The molecule has 1 N–H and O–H groups in total. The molecule has 3 nitrogen and oxygen atoms in total. The molecule has 4 rings (SSSR count). The highest BCUT2D eigenvalue weighted by molar-refractivity contribution is 5.82. The predicted molar refractivity (Wildman–Crippen MR) is 105 cm³/mol. The molecule has 1 heterocycles. The lowest BCUT2D eigenvalue weighted by Gasteiger charge is -2.27. The summed E-state index contributed by atoms with van der Waals surface area (Å²) in [6, 6.07) is 17.8. The van der Waals surface area contributed by atoms with E-state index in [2.05, 4.69) is 59.3 Å². The summed E-state index contributed by atoms with van der Waals surface area (Å²) in [5.41, 5.74) is 6.17. The Morgan fingerprint density at radius 1 is 1.23 bits per heavy atom. The first kappa shape index (κ1) is 16.6. The zero-order chi connectivity index (χ0) is 18.1. The van der Waals surface area contributed by atoms with Gasteiger partial charge in [0.25, 0.3) is 0 Å². The van der Waals surface area contributed by atoms with Crippen molar-refractivity contribution in [1.29, 1.82) is 0 Å². The van der Waals surface area contributed by atoms with Crippen LogP contribution in [0.3, 0.4) is 0 Å². The third-order valence-corrected chi connectivity index (χ3v) is 5.31. The minimum Gasteiger partial charge on any atom is -0.478 e. The summed E-state index contributed by atoms with van der Waals surface area (Å²) >= 11 is 0. The maximum absolute atomic E-state index is 10.8. The molecule has 0 radical (unpaired) electrons. The van der Waals surface area contributed by atoms with Gasteiger partial charge in [-0.05, 0) is 72.9 Å². The van der Waals surface area contributed by atoms with Crippen LogP contribution in [-0.2, 0) is 17.6 Å². The van der Waals surface area contributed by atoms with Crippen molar-refractivity contribution in [2.24, 2.45) is 0 Å². The van der Waals surface area contributed by atoms with E-state index in [4.69, 9.17) is 5.11 Å². The monoisotopic (exact) mass is 345 g/mol. The van der Waals surface area contributed by atoms with E-state index in [9.17, 15) is 4.79 Å². The Balaban J connectivity index is 1.68. The molecule has 0 fully saturated rings. The molecule has 132 valence electrons. The summed E-state index contributed by atoms with van der Waals surface area (Å²) in [4.78, 5) is 10.8. The Kier molecular flexibility index (Phi) is 4.37. The fraction of sp³-hybridized carbons (Fsp3) is 0.261. The minimum atomic E-state index is -0.884. The molecule has 0 aliphatic heterocycles. The number of carboxylic acids is 1. The van der Waals surface area contributed by atoms with Crippen molar-refractivity contribution >= 4 is 16.9 Å². The Bertz CT molecular complexity index is 996. The van der Waals surface area contributed by atoms with Crippen molar-refractivity contribution in [3.8, 4) is 0 Å². The second-order valence-corrected chi connectivity index (χ2v) is 7.23. The number of nitrogens with zero attached hydrogens (tertiary/aromatic N) is 1. The average Bonchev–Trinajstić information content (AvgIpc) is 3.03. The molecule has 1 aliphatic carbocycles. The number of allylic oxidation sites excluding steroid dienone is 1. The van der Waals surface area contributed by atoms with Crippen LogP contribution in [0.1, 0.15) is 42.5 Å². The topological polar surface area (TPSA) is 42.2 Å². The Morgan fingerprint density at radius 3 is 2.92 bits per heavy atom. The highest BCUT2D eigenvalue weighted by atomic mass is 16.4. The summed E-state index contributed by atoms with van der Waals surface area (Å²) in [7, 11) is 0. The second-order valence-electron chi connectivity index (χ2n) is 7.23. The van der Waals surface area contributed by atoms with E-state index in [0.29, 0.717) is 12.5 Å². The van der Waals surface area contributed by atoms with Crippen LogP contribution in [0.5, 0.6) is 0 Å². The fourth-order valence-corrected chi connectivity index (χ4v) is 4.20. The van der Waals surface area contributed by atoms with Crippen LogP contribution in [0.2, 0.25) is 0 Å². The van der Waals surface area contributed by atoms with Gasteiger partial charge in [0.1, 0.15) is 0 Å². The SMILES string of the molecule is CC(=CC(=O)O)Cc1ccc2c(ccn2C2CCCc3ccccc32)c1. The summed E-state index contributed by atoms with van der Waals surface area (Å²) in [5, 5.41) is 10.1. The predicted octanol–water partition coefficient (Wildman–Crippen LogP) is 5.14. The van der Waals surface area contributed by atoms with E-state index in [-0.39, 0.29) is 0 Å². The van der Waals surface area contributed by atoms with Crippen LogP contribution in [0.25, 0.3) is 10.9 Å². The first-order chi connectivity index (χ1) is 12.6. The van der Waals surface area contributed by atoms with Gasteiger partial charge in [-0.2, -0.15) is 0 Å². The molecular weight excluding hydrogens is 322 g/mol. The van der Waals surface area contributed by atoms with Crippen molar-refractivity contribution in [1.82, 2.24) is 4.57 Å². The van der Waals surface area contributed by atoms with Crippen LogP contribution in [-0.4, -0.2) is 15.6 Å². The highest BCUT2D eigenvalue weighted by Crippen LogP contribution is 2.35. The molecule has 3 heteroatoms. The van der Waals surface area contributed by atoms with E-state index in [1.165, 1.54) is 47.4 Å². The number of aliphatic carboxylic acids is 1. The molecule has 1 unspecified atom stereocenters. The highest BCUT2D eigenvalue weighted by Gasteiger charge is 2.22. The van der Waals surface area contributed by atoms with Gasteiger partial charge in [-0.1, -0.05) is 35.9 Å². The first-order valence-electron chi connectivity index (χ1n) is 9.19. The Morgan fingerprint density at radius 2 is 2.08 bits per heavy atom. The smallest absolute Gasteiger partial charge is 0.328 e. The Hall–Kier alpha value is -2.81. The Labute approximate surface area is 153 Å². The van der Waals surface area contributed by atoms with E-state index >= 15 is 0 Å². The third kappa shape index (κ3) is 3.17. The third-order valence-electron chi connectivity index (χ3n) is 5.31. The van der Waals surface area contributed by atoms with Crippen LogP contribution in [0.15, 0.2) is 66.4 Å². The van der Waals surface area contributed by atoms with Gasteiger partial charge < -0.3 is 9.67 Å². The van der Waals surface area contributed by atoms with Crippen molar-refractivity contribution in [2.75, 3.05) is 0 Å². The van der Waals surface area contributed by atoms with Gasteiger partial charge >= 0.3 is 5.97 Å². The second kappa shape index (κ2) is 6.83. The maximum Gasteiger partial charge on any atom is 0.328 e. The van der Waals surface area contributed by atoms with Gasteiger partial charge in [0.15, 0.2) is 0 Å². The lowest BCUT2D eigenvalue weighted by Crippen LogP contribution is -2.16. The van der Waals surface area contributed by atoms with E-state index in [1.54, 1.807) is 0 Å². The summed E-state index contributed by atoms with van der Waals surface area (Å²) in [6.45, 7) is 1.86. The lowest BCUT2D eigenvalue weighted by molar-refractivity contribution is -0.131.